The number of nitrogens with zero attached hydrogens (tertiary/aromatic N) is 2. The molecule has 1 aromatic carbocycles. The number of carbonyl (C=O) groups is 1. The maximum Gasteiger partial charge on any atom is 0.358 e. The molecule has 0 radical (unpaired) electrons. The molecule has 0 saturated carbocycles. The van der Waals surface area contributed by atoms with E-state index in [0.717, 1.165) is 5.69 Å². The molecule has 0 bridgehead atoms. The van der Waals surface area contributed by atoms with Gasteiger partial charge in [0.1, 0.15) is 11.5 Å². The Bertz CT molecular complexity index is 605. The topological polar surface area (TPSA) is 44.1 Å². The molecular weight excluding hydrogens is 247 g/mol. The van der Waals surface area contributed by atoms with Crippen LogP contribution in [0, 0.1) is 5.82 Å². The van der Waals surface area contributed by atoms with Gasteiger partial charge < -0.3 is 4.74 Å². The molecule has 4 nitrogen and oxygen atoms in total. The number of hydrogen-bond donors (Lipinski definition) is 0. The number of para-hydroxylation sites is 1. The van der Waals surface area contributed by atoms with Crippen LogP contribution in [0.15, 0.2) is 30.3 Å². The zero-order valence-electron chi connectivity index (χ0n) is 11.1. The van der Waals surface area contributed by atoms with Gasteiger partial charge in [-0.2, -0.15) is 5.10 Å². The van der Waals surface area contributed by atoms with Gasteiger partial charge in [0.15, 0.2) is 5.69 Å². The van der Waals surface area contributed by atoms with Gasteiger partial charge >= 0.3 is 5.97 Å². The van der Waals surface area contributed by atoms with Gasteiger partial charge in [-0.05, 0) is 24.1 Å². The van der Waals surface area contributed by atoms with Crippen LogP contribution in [0.3, 0.4) is 0 Å². The largest absolute Gasteiger partial charge is 0.464 e. The van der Waals surface area contributed by atoms with Crippen LogP contribution in [0.4, 0.5) is 4.39 Å². The van der Waals surface area contributed by atoms with Gasteiger partial charge in [0, 0.05) is 5.69 Å². The third-order valence-corrected chi connectivity index (χ3v) is 2.80. The van der Waals surface area contributed by atoms with Gasteiger partial charge in [0.2, 0.25) is 0 Å². The zero-order valence-corrected chi connectivity index (χ0v) is 11.1. The lowest BCUT2D eigenvalue weighted by molar-refractivity contribution is 0.0593. The maximum absolute atomic E-state index is 13.8. The molecule has 0 aliphatic carbocycles. The smallest absolute Gasteiger partial charge is 0.358 e. The van der Waals surface area contributed by atoms with E-state index in [2.05, 4.69) is 9.84 Å². The summed E-state index contributed by atoms with van der Waals surface area (Å²) in [5.74, 6) is -0.814. The minimum atomic E-state index is -0.531. The van der Waals surface area contributed by atoms with Crippen molar-refractivity contribution in [3.05, 3.63) is 47.5 Å². The highest BCUT2D eigenvalue weighted by Crippen LogP contribution is 2.22. The standard InChI is InChI=1S/C14H15FN2O2/c1-9(2)13-8-11(14(18)19-3)16-17(13)12-7-5-4-6-10(12)15/h4-9H,1-3H3. The summed E-state index contributed by atoms with van der Waals surface area (Å²) in [5, 5.41) is 4.14. The summed E-state index contributed by atoms with van der Waals surface area (Å²) in [6.45, 7) is 3.91. The Labute approximate surface area is 110 Å². The molecule has 2 rings (SSSR count). The number of aromatic nitrogens is 2. The zero-order chi connectivity index (χ0) is 14.0. The van der Waals surface area contributed by atoms with E-state index in [4.69, 9.17) is 0 Å². The molecule has 0 aliphatic heterocycles. The number of rotatable bonds is 3. The van der Waals surface area contributed by atoms with Gasteiger partial charge in [-0.25, -0.2) is 13.9 Å². The molecule has 19 heavy (non-hydrogen) atoms. The van der Waals surface area contributed by atoms with Crippen LogP contribution in [-0.2, 0) is 4.74 Å². The van der Waals surface area contributed by atoms with E-state index in [9.17, 15) is 9.18 Å². The van der Waals surface area contributed by atoms with Gasteiger partial charge in [0.05, 0.1) is 7.11 Å². The van der Waals surface area contributed by atoms with E-state index in [1.54, 1.807) is 24.3 Å². The summed E-state index contributed by atoms with van der Waals surface area (Å²) in [7, 11) is 1.29. The third kappa shape index (κ3) is 2.50. The number of ether oxygens (including phenoxy) is 1. The van der Waals surface area contributed by atoms with Crippen molar-refractivity contribution in [2.75, 3.05) is 7.11 Å². The summed E-state index contributed by atoms with van der Waals surface area (Å²) >= 11 is 0. The van der Waals surface area contributed by atoms with E-state index in [0.29, 0.717) is 5.69 Å². The van der Waals surface area contributed by atoms with Crippen molar-refractivity contribution in [3.63, 3.8) is 0 Å². The van der Waals surface area contributed by atoms with Gasteiger partial charge in [-0.1, -0.05) is 26.0 Å². The summed E-state index contributed by atoms with van der Waals surface area (Å²) in [5.41, 5.74) is 1.25. The molecule has 2 aromatic rings. The molecule has 0 spiro atoms. The van der Waals surface area contributed by atoms with Gasteiger partial charge in [0.25, 0.3) is 0 Å². The van der Waals surface area contributed by atoms with E-state index >= 15 is 0 Å². The Morgan fingerprint density at radius 1 is 1.37 bits per heavy atom. The molecule has 1 heterocycles. The lowest BCUT2D eigenvalue weighted by atomic mass is 10.1. The lowest BCUT2D eigenvalue weighted by Crippen LogP contribution is -2.07. The minimum absolute atomic E-state index is 0.102. The molecule has 1 aromatic heterocycles. The quantitative estimate of drug-likeness (QED) is 0.799. The molecule has 0 atom stereocenters. The second kappa shape index (κ2) is 5.22. The SMILES string of the molecule is COC(=O)c1cc(C(C)C)n(-c2ccccc2F)n1. The van der Waals surface area contributed by atoms with Crippen molar-refractivity contribution in [2.45, 2.75) is 19.8 Å². The molecular formula is C14H15FN2O2. The van der Waals surface area contributed by atoms with Crippen LogP contribution in [0.25, 0.3) is 5.69 Å². The molecule has 0 amide bonds. The first kappa shape index (κ1) is 13.3. The summed E-state index contributed by atoms with van der Waals surface area (Å²) in [4.78, 5) is 11.5. The van der Waals surface area contributed by atoms with Gasteiger partial charge in [-0.3, -0.25) is 0 Å². The van der Waals surface area contributed by atoms with Crippen LogP contribution in [0.5, 0.6) is 0 Å². The minimum Gasteiger partial charge on any atom is -0.464 e. The first-order chi connectivity index (χ1) is 9.04. The normalized spacial score (nSPS) is 10.8. The highest BCUT2D eigenvalue weighted by Gasteiger charge is 2.19. The molecule has 0 saturated heterocycles. The number of benzene rings is 1. The third-order valence-electron chi connectivity index (χ3n) is 2.80. The van der Waals surface area contributed by atoms with Crippen LogP contribution in [-0.4, -0.2) is 22.9 Å². The second-order valence-corrected chi connectivity index (χ2v) is 4.46. The first-order valence-corrected chi connectivity index (χ1v) is 5.97. The molecule has 5 heteroatoms. The van der Waals surface area contributed by atoms with Crippen molar-refractivity contribution in [1.82, 2.24) is 9.78 Å². The van der Waals surface area contributed by atoms with Crippen molar-refractivity contribution >= 4 is 5.97 Å². The number of halogens is 1. The lowest BCUT2D eigenvalue weighted by Gasteiger charge is -2.10. The number of methoxy groups -OCH3 is 1. The fourth-order valence-electron chi connectivity index (χ4n) is 1.83. The fraction of sp³-hybridized carbons (Fsp3) is 0.286. The van der Waals surface area contributed by atoms with Crippen LogP contribution in [0.1, 0.15) is 35.9 Å². The summed E-state index contributed by atoms with van der Waals surface area (Å²) in [6.07, 6.45) is 0. The molecule has 0 N–H and O–H groups in total. The summed E-state index contributed by atoms with van der Waals surface area (Å²) < 4.78 is 19.9. The summed E-state index contributed by atoms with van der Waals surface area (Å²) in [6, 6.07) is 7.94. The predicted molar refractivity (Wildman–Crippen MR) is 69.0 cm³/mol. The highest BCUT2D eigenvalue weighted by molar-refractivity contribution is 5.87. The average molecular weight is 262 g/mol. The second-order valence-electron chi connectivity index (χ2n) is 4.46. The number of esters is 1. The van der Waals surface area contributed by atoms with Crippen LogP contribution in [0.2, 0.25) is 0 Å². The van der Waals surface area contributed by atoms with Gasteiger partial charge in [-0.15, -0.1) is 0 Å². The average Bonchev–Trinajstić information content (AvgIpc) is 2.83. The van der Waals surface area contributed by atoms with E-state index in [1.807, 2.05) is 13.8 Å². The Balaban J connectivity index is 2.59. The van der Waals surface area contributed by atoms with E-state index in [1.165, 1.54) is 17.9 Å². The van der Waals surface area contributed by atoms with Crippen molar-refractivity contribution in [3.8, 4) is 5.69 Å². The van der Waals surface area contributed by atoms with E-state index in [-0.39, 0.29) is 17.4 Å². The Morgan fingerprint density at radius 3 is 2.63 bits per heavy atom. The fourth-order valence-corrected chi connectivity index (χ4v) is 1.83. The highest BCUT2D eigenvalue weighted by atomic mass is 19.1. The molecule has 0 fully saturated rings. The monoisotopic (exact) mass is 262 g/mol. The van der Waals surface area contributed by atoms with Crippen LogP contribution < -0.4 is 0 Å². The molecule has 0 aliphatic rings. The van der Waals surface area contributed by atoms with Crippen molar-refractivity contribution in [2.24, 2.45) is 0 Å². The maximum atomic E-state index is 13.8. The Morgan fingerprint density at radius 2 is 2.05 bits per heavy atom. The van der Waals surface area contributed by atoms with Crippen LogP contribution >= 0.6 is 0 Å². The van der Waals surface area contributed by atoms with Crippen molar-refractivity contribution < 1.29 is 13.9 Å². The van der Waals surface area contributed by atoms with Crippen molar-refractivity contribution in [1.29, 1.82) is 0 Å². The molecule has 100 valence electrons. The van der Waals surface area contributed by atoms with E-state index < -0.39 is 5.97 Å². The first-order valence-electron chi connectivity index (χ1n) is 5.97. The Kier molecular flexibility index (Phi) is 3.64. The number of hydrogen-bond acceptors (Lipinski definition) is 3. The molecule has 0 unspecified atom stereocenters. The predicted octanol–water partition coefficient (Wildman–Crippen LogP) is 2.92. The number of carbonyl (C=O) groups excluding carboxylic acids is 1. The Hall–Kier alpha value is -2.17.